The molecule has 0 saturated carbocycles. The van der Waals surface area contributed by atoms with E-state index in [0.717, 1.165) is 13.0 Å². The molecular formula is C13H21N3O3. The maximum Gasteiger partial charge on any atom is 0.273 e. The van der Waals surface area contributed by atoms with Crippen LogP contribution in [0.3, 0.4) is 0 Å². The summed E-state index contributed by atoms with van der Waals surface area (Å²) in [6.07, 6.45) is 0.938. The Balaban J connectivity index is 3.02. The molecule has 0 atom stereocenters. The molecule has 0 bridgehead atoms. The predicted molar refractivity (Wildman–Crippen MR) is 76.7 cm³/mol. The van der Waals surface area contributed by atoms with Gasteiger partial charge in [-0.25, -0.2) is 0 Å². The summed E-state index contributed by atoms with van der Waals surface area (Å²) in [5.41, 5.74) is 0.813. The SMILES string of the molecule is CCCNc1cc(NC(C)(C)CO)cc([N+](=O)[O-])c1. The highest BCUT2D eigenvalue weighted by molar-refractivity contribution is 5.64. The molecule has 1 aromatic rings. The van der Waals surface area contributed by atoms with E-state index in [2.05, 4.69) is 10.6 Å². The fourth-order valence-electron chi connectivity index (χ4n) is 1.59. The van der Waals surface area contributed by atoms with Gasteiger partial charge in [0.2, 0.25) is 0 Å². The van der Waals surface area contributed by atoms with Crippen molar-refractivity contribution < 1.29 is 10.0 Å². The Morgan fingerprint density at radius 3 is 2.47 bits per heavy atom. The second kappa shape index (κ2) is 6.38. The van der Waals surface area contributed by atoms with Crippen molar-refractivity contribution in [2.24, 2.45) is 0 Å². The van der Waals surface area contributed by atoms with Crippen molar-refractivity contribution in [2.45, 2.75) is 32.7 Å². The molecule has 0 saturated heterocycles. The van der Waals surface area contributed by atoms with E-state index in [0.29, 0.717) is 11.4 Å². The van der Waals surface area contributed by atoms with Crippen LogP contribution in [-0.4, -0.2) is 28.7 Å². The van der Waals surface area contributed by atoms with Crippen LogP contribution < -0.4 is 10.6 Å². The highest BCUT2D eigenvalue weighted by Crippen LogP contribution is 2.26. The summed E-state index contributed by atoms with van der Waals surface area (Å²) in [6.45, 7) is 6.37. The van der Waals surface area contributed by atoms with Crippen LogP contribution in [0.1, 0.15) is 27.2 Å². The summed E-state index contributed by atoms with van der Waals surface area (Å²) >= 11 is 0. The summed E-state index contributed by atoms with van der Waals surface area (Å²) in [7, 11) is 0. The van der Waals surface area contributed by atoms with Crippen LogP contribution in [0.15, 0.2) is 18.2 Å². The first kappa shape index (κ1) is 15.2. The van der Waals surface area contributed by atoms with Gasteiger partial charge in [0.05, 0.1) is 17.1 Å². The number of aliphatic hydroxyl groups excluding tert-OH is 1. The van der Waals surface area contributed by atoms with E-state index in [-0.39, 0.29) is 12.3 Å². The molecule has 0 radical (unpaired) electrons. The zero-order valence-electron chi connectivity index (χ0n) is 11.6. The minimum absolute atomic E-state index is 0.0253. The summed E-state index contributed by atoms with van der Waals surface area (Å²) in [5.74, 6) is 0. The Labute approximate surface area is 113 Å². The molecule has 1 rings (SSSR count). The maximum absolute atomic E-state index is 10.9. The van der Waals surface area contributed by atoms with Gasteiger partial charge in [0.25, 0.3) is 5.69 Å². The van der Waals surface area contributed by atoms with Gasteiger partial charge in [0.1, 0.15) is 0 Å². The van der Waals surface area contributed by atoms with E-state index >= 15 is 0 Å². The molecular weight excluding hydrogens is 246 g/mol. The van der Waals surface area contributed by atoms with Gasteiger partial charge in [0, 0.05) is 30.1 Å². The van der Waals surface area contributed by atoms with E-state index in [1.165, 1.54) is 12.1 Å². The molecule has 19 heavy (non-hydrogen) atoms. The van der Waals surface area contributed by atoms with Crippen LogP contribution in [-0.2, 0) is 0 Å². The first-order valence-electron chi connectivity index (χ1n) is 6.30. The molecule has 3 N–H and O–H groups in total. The molecule has 106 valence electrons. The molecule has 0 amide bonds. The van der Waals surface area contributed by atoms with Crippen molar-refractivity contribution in [1.82, 2.24) is 0 Å². The largest absolute Gasteiger partial charge is 0.394 e. The van der Waals surface area contributed by atoms with Gasteiger partial charge in [-0.2, -0.15) is 0 Å². The molecule has 0 aliphatic rings. The normalized spacial score (nSPS) is 11.2. The molecule has 0 unspecified atom stereocenters. The second-order valence-electron chi connectivity index (χ2n) is 5.12. The van der Waals surface area contributed by atoms with Gasteiger partial charge in [-0.1, -0.05) is 6.92 Å². The Kier molecular flexibility index (Phi) is 5.11. The Bertz CT molecular complexity index is 447. The quantitative estimate of drug-likeness (QED) is 0.522. The molecule has 6 heteroatoms. The lowest BCUT2D eigenvalue weighted by atomic mass is 10.1. The molecule has 0 aromatic heterocycles. The highest BCUT2D eigenvalue weighted by atomic mass is 16.6. The molecule has 0 fully saturated rings. The average molecular weight is 267 g/mol. The van der Waals surface area contributed by atoms with Gasteiger partial charge < -0.3 is 15.7 Å². The van der Waals surface area contributed by atoms with E-state index in [4.69, 9.17) is 0 Å². The average Bonchev–Trinajstić information content (AvgIpc) is 2.35. The number of nitrogens with one attached hydrogen (secondary N) is 2. The molecule has 0 aliphatic carbocycles. The maximum atomic E-state index is 10.9. The fourth-order valence-corrected chi connectivity index (χ4v) is 1.59. The molecule has 1 aromatic carbocycles. The van der Waals surface area contributed by atoms with Crippen LogP contribution in [0.4, 0.5) is 17.1 Å². The molecule has 0 spiro atoms. The second-order valence-corrected chi connectivity index (χ2v) is 5.12. The van der Waals surface area contributed by atoms with Gasteiger partial charge in [-0.3, -0.25) is 10.1 Å². The lowest BCUT2D eigenvalue weighted by molar-refractivity contribution is -0.384. The van der Waals surface area contributed by atoms with Gasteiger partial charge in [0.15, 0.2) is 0 Å². The Hall–Kier alpha value is -1.82. The number of nitro benzene ring substituents is 1. The fraction of sp³-hybridized carbons (Fsp3) is 0.538. The summed E-state index contributed by atoms with van der Waals surface area (Å²) in [5, 5.41) is 26.4. The third kappa shape index (κ3) is 4.75. The third-order valence-corrected chi connectivity index (χ3v) is 2.59. The number of hydrogen-bond donors (Lipinski definition) is 3. The Morgan fingerprint density at radius 1 is 1.32 bits per heavy atom. The smallest absolute Gasteiger partial charge is 0.273 e. The van der Waals surface area contributed by atoms with E-state index in [9.17, 15) is 15.2 Å². The van der Waals surface area contributed by atoms with Crippen LogP contribution in [0.5, 0.6) is 0 Å². The first-order valence-corrected chi connectivity index (χ1v) is 6.30. The van der Waals surface area contributed by atoms with Crippen LogP contribution in [0.2, 0.25) is 0 Å². The van der Waals surface area contributed by atoms with Crippen LogP contribution in [0.25, 0.3) is 0 Å². The number of nitro groups is 1. The minimum atomic E-state index is -0.531. The van der Waals surface area contributed by atoms with Gasteiger partial charge >= 0.3 is 0 Å². The molecule has 0 heterocycles. The highest BCUT2D eigenvalue weighted by Gasteiger charge is 2.18. The lowest BCUT2D eigenvalue weighted by Gasteiger charge is -2.25. The zero-order chi connectivity index (χ0) is 14.5. The van der Waals surface area contributed by atoms with E-state index in [1.54, 1.807) is 6.07 Å². The zero-order valence-corrected chi connectivity index (χ0v) is 11.6. The first-order chi connectivity index (χ1) is 8.88. The van der Waals surface area contributed by atoms with Crippen LogP contribution >= 0.6 is 0 Å². The predicted octanol–water partition coefficient (Wildman–Crippen LogP) is 2.60. The van der Waals surface area contributed by atoms with E-state index < -0.39 is 10.5 Å². The summed E-state index contributed by atoms with van der Waals surface area (Å²) in [4.78, 5) is 10.5. The number of hydrogen-bond acceptors (Lipinski definition) is 5. The van der Waals surface area contributed by atoms with Crippen LogP contribution in [0, 0.1) is 10.1 Å². The number of benzene rings is 1. The van der Waals surface area contributed by atoms with Crippen molar-refractivity contribution in [1.29, 1.82) is 0 Å². The molecule has 0 aliphatic heterocycles. The van der Waals surface area contributed by atoms with E-state index in [1.807, 2.05) is 20.8 Å². The van der Waals surface area contributed by atoms with Gasteiger partial charge in [-0.05, 0) is 26.3 Å². The van der Waals surface area contributed by atoms with Crippen molar-refractivity contribution in [3.8, 4) is 0 Å². The van der Waals surface area contributed by atoms with Crippen molar-refractivity contribution in [2.75, 3.05) is 23.8 Å². The summed E-state index contributed by atoms with van der Waals surface area (Å²) < 4.78 is 0. The lowest BCUT2D eigenvalue weighted by Crippen LogP contribution is -2.34. The number of non-ortho nitro benzene ring substituents is 1. The third-order valence-electron chi connectivity index (χ3n) is 2.59. The monoisotopic (exact) mass is 267 g/mol. The number of anilines is 2. The Morgan fingerprint density at radius 2 is 1.95 bits per heavy atom. The summed E-state index contributed by atoms with van der Waals surface area (Å²) in [6, 6.07) is 4.78. The van der Waals surface area contributed by atoms with Crippen molar-refractivity contribution >= 4 is 17.1 Å². The topological polar surface area (TPSA) is 87.4 Å². The van der Waals surface area contributed by atoms with Gasteiger partial charge in [-0.15, -0.1) is 0 Å². The standard InChI is InChI=1S/C13H21N3O3/c1-4-5-14-10-6-11(15-13(2,3)9-17)8-12(7-10)16(18)19/h6-8,14-15,17H,4-5,9H2,1-3H3. The van der Waals surface area contributed by atoms with Crippen molar-refractivity contribution in [3.05, 3.63) is 28.3 Å². The van der Waals surface area contributed by atoms with Crippen molar-refractivity contribution in [3.63, 3.8) is 0 Å². The number of aliphatic hydroxyl groups is 1. The molecule has 6 nitrogen and oxygen atoms in total. The number of rotatable bonds is 7. The number of nitrogens with zero attached hydrogens (tertiary/aromatic N) is 1. The minimum Gasteiger partial charge on any atom is -0.394 e.